The third-order valence-electron chi connectivity index (χ3n) is 9.02. The zero-order valence-corrected chi connectivity index (χ0v) is 25.9. The Morgan fingerprint density at radius 1 is 0.326 bits per heavy atom. The quantitative estimate of drug-likeness (QED) is 0.189. The molecular weight excluding hydrogens is 575 g/mol. The fourth-order valence-corrected chi connectivity index (χ4v) is 7.95. The molecule has 216 valence electrons. The number of fused-ring (bicyclic) bond motifs is 6. The van der Waals surface area contributed by atoms with E-state index in [9.17, 15) is 0 Å². The molecule has 1 nitrogen and oxygen atoms in total. The number of nitrogens with zero attached hydrogens (tertiary/aromatic N) is 1. The van der Waals surface area contributed by atoms with Gasteiger partial charge in [-0.1, -0.05) is 127 Å². The summed E-state index contributed by atoms with van der Waals surface area (Å²) in [6.45, 7) is 0. The van der Waals surface area contributed by atoms with Crippen LogP contribution in [-0.2, 0) is 0 Å². The molecule has 0 fully saturated rings. The van der Waals surface area contributed by atoms with Crippen LogP contribution >= 0.6 is 11.3 Å². The van der Waals surface area contributed by atoms with E-state index in [1.807, 2.05) is 11.3 Å². The topological polar surface area (TPSA) is 3.24 Å². The predicted molar refractivity (Wildman–Crippen MR) is 200 cm³/mol. The minimum Gasteiger partial charge on any atom is -0.310 e. The Morgan fingerprint density at radius 3 is 1.85 bits per heavy atom. The van der Waals surface area contributed by atoms with Gasteiger partial charge in [-0.3, -0.25) is 0 Å². The predicted octanol–water partition coefficient (Wildman–Crippen LogP) is 13.2. The second-order valence-corrected chi connectivity index (χ2v) is 12.9. The smallest absolute Gasteiger partial charge is 0.0468 e. The maximum Gasteiger partial charge on any atom is 0.0468 e. The molecule has 0 bridgehead atoms. The molecule has 0 amide bonds. The highest BCUT2D eigenvalue weighted by Gasteiger charge is 2.16. The Hall–Kier alpha value is -5.70. The molecule has 0 unspecified atom stereocenters. The van der Waals surface area contributed by atoms with Crippen molar-refractivity contribution in [1.82, 2.24) is 0 Å². The summed E-state index contributed by atoms with van der Waals surface area (Å²) in [6.07, 6.45) is 0. The molecular formula is C44H29NS. The minimum atomic E-state index is 1.12. The summed E-state index contributed by atoms with van der Waals surface area (Å²) in [5.41, 5.74) is 8.22. The molecule has 0 aliphatic carbocycles. The molecule has 9 aromatic rings. The van der Waals surface area contributed by atoms with Crippen LogP contribution in [0.5, 0.6) is 0 Å². The molecule has 0 radical (unpaired) electrons. The molecule has 1 aromatic heterocycles. The lowest BCUT2D eigenvalue weighted by Gasteiger charge is -2.26. The van der Waals surface area contributed by atoms with E-state index in [-0.39, 0.29) is 0 Å². The molecule has 0 saturated heterocycles. The van der Waals surface area contributed by atoms with Crippen molar-refractivity contribution >= 4 is 70.1 Å². The second-order valence-electron chi connectivity index (χ2n) is 11.8. The highest BCUT2D eigenvalue weighted by Crippen LogP contribution is 2.42. The van der Waals surface area contributed by atoms with Gasteiger partial charge in [0.1, 0.15) is 0 Å². The highest BCUT2D eigenvalue weighted by atomic mass is 32.1. The zero-order chi connectivity index (χ0) is 30.5. The Kier molecular flexibility index (Phi) is 6.40. The third-order valence-corrected chi connectivity index (χ3v) is 10.2. The number of thiophene rings is 1. The maximum atomic E-state index is 2.38. The van der Waals surface area contributed by atoms with Gasteiger partial charge in [0.05, 0.1) is 0 Å². The maximum absolute atomic E-state index is 2.38. The van der Waals surface area contributed by atoms with Crippen LogP contribution in [0.15, 0.2) is 176 Å². The van der Waals surface area contributed by atoms with Gasteiger partial charge in [0.15, 0.2) is 0 Å². The van der Waals surface area contributed by atoms with Crippen molar-refractivity contribution in [3.63, 3.8) is 0 Å². The van der Waals surface area contributed by atoms with Gasteiger partial charge in [0, 0.05) is 37.2 Å². The van der Waals surface area contributed by atoms with Crippen LogP contribution in [-0.4, -0.2) is 0 Å². The molecule has 0 N–H and O–H groups in total. The van der Waals surface area contributed by atoms with Gasteiger partial charge < -0.3 is 4.90 Å². The number of rotatable bonds is 5. The van der Waals surface area contributed by atoms with E-state index in [1.54, 1.807) is 0 Å². The number of hydrogen-bond donors (Lipinski definition) is 0. The lowest BCUT2D eigenvalue weighted by molar-refractivity contribution is 1.29. The normalized spacial score (nSPS) is 11.5. The van der Waals surface area contributed by atoms with Crippen LogP contribution in [0.1, 0.15) is 0 Å². The van der Waals surface area contributed by atoms with Gasteiger partial charge in [-0.2, -0.15) is 0 Å². The fourth-order valence-electron chi connectivity index (χ4n) is 6.71. The largest absolute Gasteiger partial charge is 0.310 e. The average Bonchev–Trinajstić information content (AvgIpc) is 3.51. The van der Waals surface area contributed by atoms with E-state index in [0.717, 1.165) is 17.1 Å². The molecule has 0 aliphatic rings. The van der Waals surface area contributed by atoms with E-state index in [1.165, 1.54) is 64.0 Å². The van der Waals surface area contributed by atoms with Crippen LogP contribution in [0.3, 0.4) is 0 Å². The molecule has 46 heavy (non-hydrogen) atoms. The molecule has 2 heteroatoms. The number of hydrogen-bond acceptors (Lipinski definition) is 2. The highest BCUT2D eigenvalue weighted by molar-refractivity contribution is 7.26. The van der Waals surface area contributed by atoms with Crippen molar-refractivity contribution < 1.29 is 0 Å². The molecule has 0 aliphatic heterocycles. The van der Waals surface area contributed by atoms with E-state index >= 15 is 0 Å². The molecule has 0 saturated carbocycles. The Morgan fingerprint density at radius 2 is 0.957 bits per heavy atom. The number of anilines is 3. The Balaban J connectivity index is 1.18. The summed E-state index contributed by atoms with van der Waals surface area (Å²) in [6, 6.07) is 63.9. The first-order chi connectivity index (χ1) is 22.8. The Labute approximate surface area is 272 Å². The lowest BCUT2D eigenvalue weighted by atomic mass is 10.0. The molecule has 8 aromatic carbocycles. The van der Waals surface area contributed by atoms with Gasteiger partial charge in [-0.15, -0.1) is 11.3 Å². The van der Waals surface area contributed by atoms with Gasteiger partial charge in [0.25, 0.3) is 0 Å². The van der Waals surface area contributed by atoms with E-state index < -0.39 is 0 Å². The second kappa shape index (κ2) is 11.0. The third kappa shape index (κ3) is 4.63. The number of benzene rings is 8. The van der Waals surface area contributed by atoms with Crippen molar-refractivity contribution in [3.8, 4) is 22.3 Å². The van der Waals surface area contributed by atoms with Gasteiger partial charge in [0.2, 0.25) is 0 Å². The van der Waals surface area contributed by atoms with E-state index in [4.69, 9.17) is 0 Å². The fraction of sp³-hybridized carbons (Fsp3) is 0. The first-order valence-corrected chi connectivity index (χ1v) is 16.5. The van der Waals surface area contributed by atoms with Crippen LogP contribution in [0.25, 0.3) is 64.0 Å². The average molecular weight is 604 g/mol. The van der Waals surface area contributed by atoms with Crippen LogP contribution in [0.2, 0.25) is 0 Å². The van der Waals surface area contributed by atoms with Crippen molar-refractivity contribution in [2.75, 3.05) is 4.90 Å². The summed E-state index contributed by atoms with van der Waals surface area (Å²) >= 11 is 1.88. The monoisotopic (exact) mass is 603 g/mol. The molecule has 0 spiro atoms. The van der Waals surface area contributed by atoms with Crippen molar-refractivity contribution in [2.24, 2.45) is 0 Å². The van der Waals surface area contributed by atoms with Crippen LogP contribution in [0.4, 0.5) is 17.1 Å². The van der Waals surface area contributed by atoms with Gasteiger partial charge >= 0.3 is 0 Å². The van der Waals surface area contributed by atoms with E-state index in [0.29, 0.717) is 0 Å². The molecule has 0 atom stereocenters. The molecule has 9 rings (SSSR count). The first-order valence-electron chi connectivity index (χ1n) is 15.7. The SMILES string of the molecule is c1ccc(-c2cccc(N(c3ccc(-c4ccc5ccccc5c4)cc3)c3ccc4c(ccc5c6ccccc6sc45)c3)c2)cc1. The van der Waals surface area contributed by atoms with E-state index in [2.05, 4.69) is 181 Å². The van der Waals surface area contributed by atoms with Crippen LogP contribution < -0.4 is 4.90 Å². The van der Waals surface area contributed by atoms with Gasteiger partial charge in [-0.05, 0) is 92.3 Å². The minimum absolute atomic E-state index is 1.12. The van der Waals surface area contributed by atoms with Crippen LogP contribution in [0, 0.1) is 0 Å². The Bertz CT molecular complexity index is 2530. The van der Waals surface area contributed by atoms with Crippen molar-refractivity contribution in [2.45, 2.75) is 0 Å². The van der Waals surface area contributed by atoms with Gasteiger partial charge in [-0.25, -0.2) is 0 Å². The van der Waals surface area contributed by atoms with Crippen molar-refractivity contribution in [1.29, 1.82) is 0 Å². The summed E-state index contributed by atoms with van der Waals surface area (Å²) in [7, 11) is 0. The summed E-state index contributed by atoms with van der Waals surface area (Å²) in [4.78, 5) is 2.38. The first kappa shape index (κ1) is 26.7. The standard InChI is InChI=1S/C44H29NS/c1-2-9-30(10-3-1)34-13-8-14-38(28-34)45(37-22-19-32(20-23-37)35-18-17-31-11-4-5-12-33(31)27-35)39-24-26-40-36(29-39)21-25-42-41-15-6-7-16-43(41)46-44(40)42/h1-29H. The summed E-state index contributed by atoms with van der Waals surface area (Å²) < 4.78 is 2.68. The summed E-state index contributed by atoms with van der Waals surface area (Å²) in [5, 5.41) is 7.72. The van der Waals surface area contributed by atoms with Crippen molar-refractivity contribution in [3.05, 3.63) is 176 Å². The lowest BCUT2D eigenvalue weighted by Crippen LogP contribution is -2.10. The summed E-state index contributed by atoms with van der Waals surface area (Å²) in [5.74, 6) is 0. The zero-order valence-electron chi connectivity index (χ0n) is 25.1. The molecule has 1 heterocycles.